The maximum atomic E-state index is 9.88. The van der Waals surface area contributed by atoms with Gasteiger partial charge in [-0.15, -0.1) is 23.5 Å². The molecule has 1 aromatic carbocycles. The Morgan fingerprint density at radius 3 is 2.10 bits per heavy atom. The van der Waals surface area contributed by atoms with Crippen LogP contribution in [0.5, 0.6) is 11.5 Å². The molecule has 1 saturated heterocycles. The standard InChI is InChI=1S/C22H30N2O4S2/c1-13(2)8-14(3)27-19-17(10-24)16(9-23)18(20(29-6)21(19)30-7)25-11-15-12-26-22(4,5)28-15/h13-15H,8,11-12H2,1-7H3. The van der Waals surface area contributed by atoms with Gasteiger partial charge in [-0.2, -0.15) is 10.5 Å². The highest BCUT2D eigenvalue weighted by Crippen LogP contribution is 2.48. The smallest absolute Gasteiger partial charge is 0.163 e. The molecule has 8 heteroatoms. The van der Waals surface area contributed by atoms with E-state index >= 15 is 0 Å². The topological polar surface area (TPSA) is 84.5 Å². The molecule has 0 radical (unpaired) electrons. The first-order valence-corrected chi connectivity index (χ1v) is 12.4. The number of hydrogen-bond acceptors (Lipinski definition) is 8. The number of nitriles is 2. The van der Waals surface area contributed by atoms with Crippen LogP contribution in [0.2, 0.25) is 0 Å². The van der Waals surface area contributed by atoms with Gasteiger partial charge in [-0.05, 0) is 45.6 Å². The number of nitrogens with zero attached hydrogens (tertiary/aromatic N) is 2. The van der Waals surface area contributed by atoms with Crippen molar-refractivity contribution in [2.75, 3.05) is 25.7 Å². The van der Waals surface area contributed by atoms with E-state index in [1.807, 2.05) is 33.3 Å². The van der Waals surface area contributed by atoms with Gasteiger partial charge in [0.25, 0.3) is 0 Å². The second-order valence-corrected chi connectivity index (χ2v) is 9.65. The van der Waals surface area contributed by atoms with Crippen molar-refractivity contribution in [1.82, 2.24) is 0 Å². The predicted octanol–water partition coefficient (Wildman–Crippen LogP) is 5.22. The lowest BCUT2D eigenvalue weighted by Crippen LogP contribution is -2.25. The average molecular weight is 451 g/mol. The molecule has 0 amide bonds. The summed E-state index contributed by atoms with van der Waals surface area (Å²) < 4.78 is 23.7. The molecule has 0 bridgehead atoms. The van der Waals surface area contributed by atoms with Crippen LogP contribution in [-0.2, 0) is 9.47 Å². The lowest BCUT2D eigenvalue weighted by atomic mass is 10.1. The van der Waals surface area contributed by atoms with Crippen LogP contribution in [0.3, 0.4) is 0 Å². The van der Waals surface area contributed by atoms with Crippen LogP contribution < -0.4 is 9.47 Å². The van der Waals surface area contributed by atoms with E-state index in [4.69, 9.17) is 18.9 Å². The molecule has 1 aromatic rings. The predicted molar refractivity (Wildman–Crippen MR) is 119 cm³/mol. The van der Waals surface area contributed by atoms with Crippen molar-refractivity contribution in [3.63, 3.8) is 0 Å². The Labute approximate surface area is 188 Å². The summed E-state index contributed by atoms with van der Waals surface area (Å²) in [6, 6.07) is 4.34. The van der Waals surface area contributed by atoms with Gasteiger partial charge in [0.1, 0.15) is 36.0 Å². The van der Waals surface area contributed by atoms with Crippen LogP contribution in [0.4, 0.5) is 0 Å². The maximum Gasteiger partial charge on any atom is 0.163 e. The van der Waals surface area contributed by atoms with Crippen molar-refractivity contribution in [2.45, 2.75) is 68.8 Å². The Morgan fingerprint density at radius 1 is 1.07 bits per heavy atom. The van der Waals surface area contributed by atoms with Gasteiger partial charge in [0.15, 0.2) is 17.3 Å². The van der Waals surface area contributed by atoms with E-state index in [1.165, 1.54) is 23.5 Å². The van der Waals surface area contributed by atoms with Crippen molar-refractivity contribution >= 4 is 23.5 Å². The zero-order chi connectivity index (χ0) is 22.5. The van der Waals surface area contributed by atoms with Crippen molar-refractivity contribution in [1.29, 1.82) is 10.5 Å². The average Bonchev–Trinajstić information content (AvgIpc) is 3.03. The Morgan fingerprint density at radius 2 is 1.63 bits per heavy atom. The van der Waals surface area contributed by atoms with Gasteiger partial charge in [0, 0.05) is 0 Å². The molecular weight excluding hydrogens is 420 g/mol. The second kappa shape index (κ2) is 10.6. The summed E-state index contributed by atoms with van der Waals surface area (Å²) in [6.45, 7) is 10.6. The molecule has 1 fully saturated rings. The van der Waals surface area contributed by atoms with Gasteiger partial charge < -0.3 is 18.9 Å². The molecule has 1 aliphatic rings. The number of ether oxygens (including phenoxy) is 4. The van der Waals surface area contributed by atoms with E-state index in [0.717, 1.165) is 16.2 Å². The molecule has 164 valence electrons. The fraction of sp³-hybridized carbons (Fsp3) is 0.636. The summed E-state index contributed by atoms with van der Waals surface area (Å²) in [6.07, 6.45) is 4.38. The minimum atomic E-state index is -0.652. The summed E-state index contributed by atoms with van der Waals surface area (Å²) in [7, 11) is 0. The summed E-state index contributed by atoms with van der Waals surface area (Å²) in [4.78, 5) is 1.61. The molecule has 1 aliphatic heterocycles. The largest absolute Gasteiger partial charge is 0.488 e. The van der Waals surface area contributed by atoms with Gasteiger partial charge in [-0.1, -0.05) is 13.8 Å². The molecule has 0 saturated carbocycles. The summed E-state index contributed by atoms with van der Waals surface area (Å²) in [5.74, 6) is 0.677. The van der Waals surface area contributed by atoms with Crippen LogP contribution >= 0.6 is 23.5 Å². The Bertz CT molecular complexity index is 843. The molecule has 2 atom stereocenters. The maximum absolute atomic E-state index is 9.88. The first-order valence-electron chi connectivity index (χ1n) is 9.90. The number of benzene rings is 1. The van der Waals surface area contributed by atoms with Crippen LogP contribution in [0, 0.1) is 28.6 Å². The lowest BCUT2D eigenvalue weighted by Gasteiger charge is -2.24. The van der Waals surface area contributed by atoms with Crippen LogP contribution in [0.25, 0.3) is 0 Å². The summed E-state index contributed by atoms with van der Waals surface area (Å²) >= 11 is 2.96. The fourth-order valence-electron chi connectivity index (χ4n) is 3.43. The van der Waals surface area contributed by atoms with Gasteiger partial charge in [0.2, 0.25) is 0 Å². The quantitative estimate of drug-likeness (QED) is 0.474. The van der Waals surface area contributed by atoms with Gasteiger partial charge in [-0.3, -0.25) is 0 Å². The Balaban J connectivity index is 2.47. The van der Waals surface area contributed by atoms with Crippen molar-refractivity contribution in [3.05, 3.63) is 11.1 Å². The highest BCUT2D eigenvalue weighted by Gasteiger charge is 2.34. The zero-order valence-electron chi connectivity index (χ0n) is 18.7. The van der Waals surface area contributed by atoms with Gasteiger partial charge >= 0.3 is 0 Å². The molecular formula is C22H30N2O4S2. The second-order valence-electron chi connectivity index (χ2n) is 8.02. The normalized spacial score (nSPS) is 18.7. The van der Waals surface area contributed by atoms with E-state index in [2.05, 4.69) is 26.0 Å². The summed E-state index contributed by atoms with van der Waals surface area (Å²) in [5, 5.41) is 19.8. The van der Waals surface area contributed by atoms with Gasteiger partial charge in [0.05, 0.1) is 22.5 Å². The number of hydrogen-bond donors (Lipinski definition) is 0. The Kier molecular flexibility index (Phi) is 8.75. The van der Waals surface area contributed by atoms with Crippen LogP contribution in [0.15, 0.2) is 9.79 Å². The highest BCUT2D eigenvalue weighted by molar-refractivity contribution is 8.01. The minimum absolute atomic E-state index is 0.0812. The third-order valence-corrected chi connectivity index (χ3v) is 6.28. The molecule has 0 aromatic heterocycles. The van der Waals surface area contributed by atoms with Crippen molar-refractivity contribution in [2.24, 2.45) is 5.92 Å². The first-order chi connectivity index (χ1) is 14.2. The third kappa shape index (κ3) is 5.76. The zero-order valence-corrected chi connectivity index (χ0v) is 20.3. The SMILES string of the molecule is CSc1c(OCC2COC(C)(C)O2)c(C#N)c(C#N)c(OC(C)CC(C)C)c1SC. The Hall–Kier alpha value is -1.58. The molecule has 1 heterocycles. The van der Waals surface area contributed by atoms with E-state index in [1.54, 1.807) is 0 Å². The molecule has 30 heavy (non-hydrogen) atoms. The van der Waals surface area contributed by atoms with Gasteiger partial charge in [-0.25, -0.2) is 0 Å². The molecule has 0 N–H and O–H groups in total. The van der Waals surface area contributed by atoms with E-state index < -0.39 is 5.79 Å². The fourth-order valence-corrected chi connectivity index (χ4v) is 5.17. The van der Waals surface area contributed by atoms with Crippen LogP contribution in [0.1, 0.15) is 52.2 Å². The number of rotatable bonds is 9. The third-order valence-electron chi connectivity index (χ3n) is 4.56. The molecule has 2 unspecified atom stereocenters. The molecule has 0 spiro atoms. The van der Waals surface area contributed by atoms with Crippen molar-refractivity contribution in [3.8, 4) is 23.6 Å². The monoisotopic (exact) mass is 450 g/mol. The van der Waals surface area contributed by atoms with E-state index in [-0.39, 0.29) is 29.9 Å². The number of thioether (sulfide) groups is 2. The minimum Gasteiger partial charge on any atom is -0.488 e. The molecule has 0 aliphatic carbocycles. The van der Waals surface area contributed by atoms with E-state index in [9.17, 15) is 10.5 Å². The first kappa shape index (κ1) is 24.7. The summed E-state index contributed by atoms with van der Waals surface area (Å²) in [5.41, 5.74) is 0.416. The lowest BCUT2D eigenvalue weighted by molar-refractivity contribution is -0.141. The molecule has 2 rings (SSSR count). The van der Waals surface area contributed by atoms with Crippen LogP contribution in [-0.4, -0.2) is 43.7 Å². The van der Waals surface area contributed by atoms with E-state index in [0.29, 0.717) is 24.0 Å². The van der Waals surface area contributed by atoms with Crippen molar-refractivity contribution < 1.29 is 18.9 Å². The molecule has 6 nitrogen and oxygen atoms in total. The highest BCUT2D eigenvalue weighted by atomic mass is 32.2.